The number of allylic oxidation sites excluding steroid dienone is 1. The Balaban J connectivity index is 1.54. The Morgan fingerprint density at radius 1 is 1.10 bits per heavy atom. The van der Waals surface area contributed by atoms with E-state index < -0.39 is 0 Å². The summed E-state index contributed by atoms with van der Waals surface area (Å²) in [5.41, 5.74) is 5.73. The molecule has 0 fully saturated rings. The number of hydrogen-bond donors (Lipinski definition) is 0. The smallest absolute Gasteiger partial charge is 0.157 e. The standard InChI is InChI=1S/C22H22ClN5O/c1-4-29-19-7-5-16(6-8-19)22-21(23)17(12-24-22)10-18-11-20(26-13-25-18)28-15(3)9-14(2)27-28/h5-9,11,13H,4,10,12H2,1-3H3. The topological polar surface area (TPSA) is 65.2 Å². The van der Waals surface area contributed by atoms with Gasteiger partial charge < -0.3 is 4.74 Å². The summed E-state index contributed by atoms with van der Waals surface area (Å²) in [6.07, 6.45) is 2.19. The fraction of sp³-hybridized carbons (Fsp3) is 0.273. The molecule has 4 rings (SSSR count). The minimum Gasteiger partial charge on any atom is -0.494 e. The third-order valence-electron chi connectivity index (χ3n) is 4.72. The molecule has 7 heteroatoms. The van der Waals surface area contributed by atoms with E-state index in [1.165, 1.54) is 0 Å². The van der Waals surface area contributed by atoms with Crippen LogP contribution in [-0.2, 0) is 6.42 Å². The summed E-state index contributed by atoms with van der Waals surface area (Å²) in [4.78, 5) is 13.4. The molecule has 0 saturated carbocycles. The summed E-state index contributed by atoms with van der Waals surface area (Å²) in [7, 11) is 0. The fourth-order valence-corrected chi connectivity index (χ4v) is 3.68. The molecule has 0 bridgehead atoms. The lowest BCUT2D eigenvalue weighted by Crippen LogP contribution is -2.05. The van der Waals surface area contributed by atoms with Crippen molar-refractivity contribution in [3.63, 3.8) is 0 Å². The van der Waals surface area contributed by atoms with Crippen molar-refractivity contribution in [2.45, 2.75) is 27.2 Å². The summed E-state index contributed by atoms with van der Waals surface area (Å²) in [5.74, 6) is 1.59. The predicted molar refractivity (Wildman–Crippen MR) is 114 cm³/mol. The van der Waals surface area contributed by atoms with E-state index in [0.717, 1.165) is 45.5 Å². The number of aromatic nitrogens is 4. The SMILES string of the molecule is CCOc1ccc(C2=NCC(Cc3cc(-n4nc(C)cc4C)ncn3)=C2Cl)cc1. The van der Waals surface area contributed by atoms with E-state index in [-0.39, 0.29) is 0 Å². The highest BCUT2D eigenvalue weighted by molar-refractivity contribution is 6.47. The molecule has 2 aromatic heterocycles. The van der Waals surface area contributed by atoms with Crippen molar-refractivity contribution in [3.05, 3.63) is 76.0 Å². The van der Waals surface area contributed by atoms with Gasteiger partial charge in [-0.15, -0.1) is 0 Å². The van der Waals surface area contributed by atoms with E-state index in [0.29, 0.717) is 24.6 Å². The number of aliphatic imine (C=N–C) groups is 1. The lowest BCUT2D eigenvalue weighted by molar-refractivity contribution is 0.340. The number of rotatable bonds is 6. The minimum absolute atomic E-state index is 0.570. The second-order valence-corrected chi connectivity index (χ2v) is 7.30. The molecule has 0 unspecified atom stereocenters. The second-order valence-electron chi connectivity index (χ2n) is 6.92. The Kier molecular flexibility index (Phi) is 5.45. The quantitative estimate of drug-likeness (QED) is 0.613. The van der Waals surface area contributed by atoms with Gasteiger partial charge in [0.05, 0.1) is 35.3 Å². The van der Waals surface area contributed by atoms with Crippen LogP contribution in [0.25, 0.3) is 5.82 Å². The number of aryl methyl sites for hydroxylation is 2. The van der Waals surface area contributed by atoms with Crippen LogP contribution in [0.4, 0.5) is 0 Å². The van der Waals surface area contributed by atoms with Crippen molar-refractivity contribution in [2.24, 2.45) is 4.99 Å². The molecule has 29 heavy (non-hydrogen) atoms. The normalized spacial score (nSPS) is 13.7. The van der Waals surface area contributed by atoms with Gasteiger partial charge in [0.2, 0.25) is 0 Å². The highest BCUT2D eigenvalue weighted by atomic mass is 35.5. The first-order valence-electron chi connectivity index (χ1n) is 9.55. The Labute approximate surface area is 174 Å². The van der Waals surface area contributed by atoms with Crippen molar-refractivity contribution in [2.75, 3.05) is 13.2 Å². The number of nitrogens with zero attached hydrogens (tertiary/aromatic N) is 5. The van der Waals surface area contributed by atoms with E-state index in [1.54, 1.807) is 6.33 Å². The van der Waals surface area contributed by atoms with Crippen LogP contribution in [0.15, 0.2) is 58.3 Å². The summed E-state index contributed by atoms with van der Waals surface area (Å²) < 4.78 is 7.33. The number of benzene rings is 1. The van der Waals surface area contributed by atoms with Crippen LogP contribution in [0.2, 0.25) is 0 Å². The average molecular weight is 408 g/mol. The lowest BCUT2D eigenvalue weighted by atomic mass is 10.1. The molecule has 1 aliphatic rings. The van der Waals surface area contributed by atoms with Crippen molar-refractivity contribution in [1.82, 2.24) is 19.7 Å². The first-order chi connectivity index (χ1) is 14.0. The van der Waals surface area contributed by atoms with E-state index in [1.807, 2.05) is 61.9 Å². The van der Waals surface area contributed by atoms with Gasteiger partial charge in [-0.1, -0.05) is 11.6 Å². The summed E-state index contributed by atoms with van der Waals surface area (Å²) in [5, 5.41) is 5.19. The van der Waals surface area contributed by atoms with Crippen LogP contribution in [-0.4, -0.2) is 38.6 Å². The Bertz CT molecular complexity index is 1100. The third-order valence-corrected chi connectivity index (χ3v) is 5.16. The first kappa shape index (κ1) is 19.3. The van der Waals surface area contributed by atoms with Crippen LogP contribution in [0, 0.1) is 13.8 Å². The van der Waals surface area contributed by atoms with Crippen LogP contribution in [0.1, 0.15) is 29.6 Å². The Morgan fingerprint density at radius 3 is 2.59 bits per heavy atom. The zero-order chi connectivity index (χ0) is 20.4. The summed E-state index contributed by atoms with van der Waals surface area (Å²) in [6, 6.07) is 11.8. The van der Waals surface area contributed by atoms with Gasteiger partial charge in [-0.25, -0.2) is 14.6 Å². The van der Waals surface area contributed by atoms with Crippen molar-refractivity contribution in [3.8, 4) is 11.6 Å². The van der Waals surface area contributed by atoms with E-state index >= 15 is 0 Å². The fourth-order valence-electron chi connectivity index (χ4n) is 3.39. The molecule has 1 aliphatic heterocycles. The van der Waals surface area contributed by atoms with Gasteiger partial charge in [0.25, 0.3) is 0 Å². The minimum atomic E-state index is 0.570. The molecule has 0 amide bonds. The molecule has 0 radical (unpaired) electrons. The van der Waals surface area contributed by atoms with Gasteiger partial charge in [-0.3, -0.25) is 4.99 Å². The molecule has 6 nitrogen and oxygen atoms in total. The van der Waals surface area contributed by atoms with Gasteiger partial charge in [0.15, 0.2) is 5.82 Å². The molecule has 3 aromatic rings. The Morgan fingerprint density at radius 2 is 1.90 bits per heavy atom. The summed E-state index contributed by atoms with van der Waals surface area (Å²) >= 11 is 6.67. The molecular weight excluding hydrogens is 386 g/mol. The molecule has 1 aromatic carbocycles. The summed E-state index contributed by atoms with van der Waals surface area (Å²) in [6.45, 7) is 7.15. The van der Waals surface area contributed by atoms with Gasteiger partial charge >= 0.3 is 0 Å². The first-order valence-corrected chi connectivity index (χ1v) is 9.93. The maximum Gasteiger partial charge on any atom is 0.157 e. The van der Waals surface area contributed by atoms with Gasteiger partial charge in [0, 0.05) is 23.7 Å². The highest BCUT2D eigenvalue weighted by Crippen LogP contribution is 2.27. The largest absolute Gasteiger partial charge is 0.494 e. The van der Waals surface area contributed by atoms with Gasteiger partial charge in [0.1, 0.15) is 12.1 Å². The molecular formula is C22H22ClN5O. The zero-order valence-electron chi connectivity index (χ0n) is 16.7. The van der Waals surface area contributed by atoms with Gasteiger partial charge in [-0.2, -0.15) is 5.10 Å². The van der Waals surface area contributed by atoms with E-state index in [9.17, 15) is 0 Å². The maximum atomic E-state index is 6.67. The van der Waals surface area contributed by atoms with E-state index in [2.05, 4.69) is 20.1 Å². The lowest BCUT2D eigenvalue weighted by Gasteiger charge is -2.07. The molecule has 0 spiro atoms. The number of hydrogen-bond acceptors (Lipinski definition) is 5. The molecule has 3 heterocycles. The maximum absolute atomic E-state index is 6.67. The van der Waals surface area contributed by atoms with Crippen molar-refractivity contribution < 1.29 is 4.74 Å². The molecule has 0 N–H and O–H groups in total. The highest BCUT2D eigenvalue weighted by Gasteiger charge is 2.20. The molecule has 148 valence electrons. The van der Waals surface area contributed by atoms with Crippen LogP contribution in [0.3, 0.4) is 0 Å². The molecule has 0 aliphatic carbocycles. The number of ether oxygens (including phenoxy) is 1. The van der Waals surface area contributed by atoms with Crippen molar-refractivity contribution >= 4 is 17.3 Å². The molecule has 0 atom stereocenters. The monoisotopic (exact) mass is 407 g/mol. The van der Waals surface area contributed by atoms with Crippen molar-refractivity contribution in [1.29, 1.82) is 0 Å². The number of halogens is 1. The predicted octanol–water partition coefficient (Wildman–Crippen LogP) is 4.22. The van der Waals surface area contributed by atoms with Crippen LogP contribution in [0.5, 0.6) is 5.75 Å². The zero-order valence-corrected chi connectivity index (χ0v) is 17.4. The van der Waals surface area contributed by atoms with E-state index in [4.69, 9.17) is 16.3 Å². The average Bonchev–Trinajstić information content (AvgIpc) is 3.24. The van der Waals surface area contributed by atoms with Crippen LogP contribution < -0.4 is 4.74 Å². The van der Waals surface area contributed by atoms with Crippen LogP contribution >= 0.6 is 11.6 Å². The Hall–Kier alpha value is -2.99. The second kappa shape index (κ2) is 8.17. The van der Waals surface area contributed by atoms with Gasteiger partial charge in [-0.05, 0) is 56.7 Å². The third kappa shape index (κ3) is 4.07. The molecule has 0 saturated heterocycles.